The monoisotopic (exact) mass is 368 g/mol. The minimum absolute atomic E-state index is 0.0112. The molecule has 7 nitrogen and oxygen atoms in total. The molecule has 0 aliphatic heterocycles. The van der Waals surface area contributed by atoms with Gasteiger partial charge in [0.2, 0.25) is 0 Å². The van der Waals surface area contributed by atoms with Gasteiger partial charge < -0.3 is 5.32 Å². The molecule has 1 heterocycles. The fourth-order valence-corrected chi connectivity index (χ4v) is 2.99. The molecule has 0 aliphatic rings. The molecule has 128 valence electrons. The topological polar surface area (TPSA) is 90.1 Å². The summed E-state index contributed by atoms with van der Waals surface area (Å²) in [7, 11) is 0. The lowest BCUT2D eigenvalue weighted by molar-refractivity contribution is -0.386. The fraction of sp³-hybridized carbons (Fsp3) is 0.333. The summed E-state index contributed by atoms with van der Waals surface area (Å²) in [6, 6.07) is 5.27. The molecule has 0 atom stereocenters. The van der Waals surface area contributed by atoms with Crippen LogP contribution in [0.25, 0.3) is 0 Å². The molecule has 2 rings (SSSR count). The van der Waals surface area contributed by atoms with Gasteiger partial charge in [0.15, 0.2) is 0 Å². The first-order valence-electron chi connectivity index (χ1n) is 7.15. The Kier molecular flexibility index (Phi) is 5.84. The van der Waals surface area contributed by atoms with Crippen LogP contribution in [0, 0.1) is 24.0 Å². The first kappa shape index (κ1) is 18.3. The number of nitro groups is 1. The second-order valence-electron chi connectivity index (χ2n) is 5.10. The molecule has 9 heteroatoms. The first-order valence-corrected chi connectivity index (χ1v) is 8.75. The molecule has 1 aromatic carbocycles. The Morgan fingerprint density at radius 1 is 1.46 bits per heavy atom. The minimum Gasteiger partial charge on any atom is -0.350 e. The summed E-state index contributed by atoms with van der Waals surface area (Å²) in [5, 5.41) is 18.3. The number of amides is 1. The number of nitrogens with one attached hydrogen (secondary N) is 1. The van der Waals surface area contributed by atoms with E-state index in [2.05, 4.69) is 10.4 Å². The van der Waals surface area contributed by atoms with E-state index in [4.69, 9.17) is 11.6 Å². The van der Waals surface area contributed by atoms with Crippen LogP contribution in [-0.2, 0) is 6.54 Å². The Labute approximate surface area is 148 Å². The van der Waals surface area contributed by atoms with E-state index in [1.807, 2.05) is 12.3 Å². The lowest BCUT2D eigenvalue weighted by Crippen LogP contribution is -2.28. The molecule has 0 fully saturated rings. The first-order chi connectivity index (χ1) is 11.3. The zero-order chi connectivity index (χ0) is 17.9. The van der Waals surface area contributed by atoms with E-state index in [1.54, 1.807) is 26.0 Å². The summed E-state index contributed by atoms with van der Waals surface area (Å²) in [5.74, 6) is -0.285. The molecule has 1 amide bonds. The molecular weight excluding hydrogens is 352 g/mol. The van der Waals surface area contributed by atoms with Crippen molar-refractivity contribution in [3.8, 4) is 0 Å². The highest BCUT2D eigenvalue weighted by molar-refractivity contribution is 7.98. The van der Waals surface area contributed by atoms with Crippen molar-refractivity contribution >= 4 is 35.0 Å². The maximum atomic E-state index is 12.2. The molecule has 0 saturated heterocycles. The number of carbonyl (C=O) groups excluding carboxylic acids is 1. The maximum absolute atomic E-state index is 12.2. The van der Waals surface area contributed by atoms with Crippen LogP contribution < -0.4 is 5.32 Å². The molecule has 24 heavy (non-hydrogen) atoms. The lowest BCUT2D eigenvalue weighted by Gasteiger charge is -2.09. The van der Waals surface area contributed by atoms with Gasteiger partial charge in [0, 0.05) is 11.4 Å². The summed E-state index contributed by atoms with van der Waals surface area (Å²) >= 11 is 7.59. The third kappa shape index (κ3) is 3.88. The molecule has 0 spiro atoms. The fourth-order valence-electron chi connectivity index (χ4n) is 2.35. The van der Waals surface area contributed by atoms with Crippen LogP contribution in [-0.4, -0.2) is 33.4 Å². The number of halogens is 1. The average Bonchev–Trinajstić information content (AvgIpc) is 2.81. The standard InChI is InChI=1S/C15H17ClN4O3S/c1-9-14(20(22)23)10(2)19(18-9)7-6-17-15(21)12-8-11(24-3)4-5-13(12)16/h4-5,8H,6-7H2,1-3H3,(H,17,21). The van der Waals surface area contributed by atoms with Crippen molar-refractivity contribution in [2.45, 2.75) is 25.3 Å². The zero-order valence-corrected chi connectivity index (χ0v) is 15.1. The second-order valence-corrected chi connectivity index (χ2v) is 6.39. The van der Waals surface area contributed by atoms with Gasteiger partial charge in [-0.25, -0.2) is 0 Å². The number of nitrogens with zero attached hydrogens (tertiary/aromatic N) is 3. The highest BCUT2D eigenvalue weighted by atomic mass is 35.5. The van der Waals surface area contributed by atoms with Crippen molar-refractivity contribution < 1.29 is 9.72 Å². The quantitative estimate of drug-likeness (QED) is 0.480. The summed E-state index contributed by atoms with van der Waals surface area (Å²) < 4.78 is 1.52. The number of aromatic nitrogens is 2. The van der Waals surface area contributed by atoms with Crippen molar-refractivity contribution in [1.82, 2.24) is 15.1 Å². The number of benzene rings is 1. The van der Waals surface area contributed by atoms with E-state index in [9.17, 15) is 14.9 Å². The normalized spacial score (nSPS) is 10.7. The number of carbonyl (C=O) groups is 1. The van der Waals surface area contributed by atoms with Gasteiger partial charge in [-0.2, -0.15) is 5.10 Å². The van der Waals surface area contributed by atoms with E-state index in [1.165, 1.54) is 16.4 Å². The van der Waals surface area contributed by atoms with Gasteiger partial charge in [-0.15, -0.1) is 11.8 Å². The van der Waals surface area contributed by atoms with Gasteiger partial charge in [-0.05, 0) is 38.3 Å². The third-order valence-corrected chi connectivity index (χ3v) is 4.61. The molecule has 0 bridgehead atoms. The van der Waals surface area contributed by atoms with Crippen molar-refractivity contribution in [3.05, 3.63) is 50.3 Å². The number of hydrogen-bond acceptors (Lipinski definition) is 5. The van der Waals surface area contributed by atoms with Crippen LogP contribution in [0.3, 0.4) is 0 Å². The molecule has 0 aliphatic carbocycles. The smallest absolute Gasteiger partial charge is 0.312 e. The maximum Gasteiger partial charge on any atom is 0.312 e. The minimum atomic E-state index is -0.444. The summed E-state index contributed by atoms with van der Waals surface area (Å²) in [5.41, 5.74) is 1.24. The van der Waals surface area contributed by atoms with E-state index in [-0.39, 0.29) is 18.1 Å². The van der Waals surface area contributed by atoms with Crippen LogP contribution in [0.1, 0.15) is 21.7 Å². The van der Waals surface area contributed by atoms with Crippen LogP contribution in [0.15, 0.2) is 23.1 Å². The predicted octanol–water partition coefficient (Wildman–Crippen LogP) is 3.21. The van der Waals surface area contributed by atoms with Gasteiger partial charge in [0.05, 0.1) is 22.1 Å². The Balaban J connectivity index is 2.03. The number of thioether (sulfide) groups is 1. The van der Waals surface area contributed by atoms with Gasteiger partial charge in [-0.3, -0.25) is 19.6 Å². The number of aryl methyl sites for hydroxylation is 1. The molecule has 1 aromatic heterocycles. The SMILES string of the molecule is CSc1ccc(Cl)c(C(=O)NCCn2nc(C)c([N+](=O)[O-])c2C)c1. The average molecular weight is 369 g/mol. The van der Waals surface area contributed by atoms with E-state index >= 15 is 0 Å². The van der Waals surface area contributed by atoms with E-state index in [0.29, 0.717) is 28.5 Å². The molecule has 1 N–H and O–H groups in total. The van der Waals surface area contributed by atoms with Crippen LogP contribution in [0.5, 0.6) is 0 Å². The Morgan fingerprint density at radius 2 is 2.17 bits per heavy atom. The van der Waals surface area contributed by atoms with E-state index < -0.39 is 4.92 Å². The third-order valence-electron chi connectivity index (χ3n) is 3.55. The van der Waals surface area contributed by atoms with Crippen LogP contribution in [0.2, 0.25) is 5.02 Å². The lowest BCUT2D eigenvalue weighted by atomic mass is 10.2. The zero-order valence-electron chi connectivity index (χ0n) is 13.5. The van der Waals surface area contributed by atoms with Crippen molar-refractivity contribution in [2.75, 3.05) is 12.8 Å². The van der Waals surface area contributed by atoms with Crippen molar-refractivity contribution in [1.29, 1.82) is 0 Å². The molecule has 2 aromatic rings. The van der Waals surface area contributed by atoms with Gasteiger partial charge >= 0.3 is 5.69 Å². The second kappa shape index (κ2) is 7.67. The molecule has 0 saturated carbocycles. The summed E-state index contributed by atoms with van der Waals surface area (Å²) in [6.07, 6.45) is 1.92. The molecule has 0 unspecified atom stereocenters. The van der Waals surface area contributed by atoms with Crippen molar-refractivity contribution in [2.24, 2.45) is 0 Å². The van der Waals surface area contributed by atoms with Crippen molar-refractivity contribution in [3.63, 3.8) is 0 Å². The predicted molar refractivity (Wildman–Crippen MR) is 93.9 cm³/mol. The Bertz CT molecular complexity index is 791. The van der Waals surface area contributed by atoms with Crippen LogP contribution >= 0.6 is 23.4 Å². The highest BCUT2D eigenvalue weighted by Gasteiger charge is 2.21. The summed E-state index contributed by atoms with van der Waals surface area (Å²) in [6.45, 7) is 3.86. The van der Waals surface area contributed by atoms with Gasteiger partial charge in [-0.1, -0.05) is 11.6 Å². The summed E-state index contributed by atoms with van der Waals surface area (Å²) in [4.78, 5) is 23.7. The largest absolute Gasteiger partial charge is 0.350 e. The highest BCUT2D eigenvalue weighted by Crippen LogP contribution is 2.23. The van der Waals surface area contributed by atoms with E-state index in [0.717, 1.165) is 4.90 Å². The molecule has 0 radical (unpaired) electrons. The number of rotatable bonds is 6. The Morgan fingerprint density at radius 3 is 2.75 bits per heavy atom. The van der Waals surface area contributed by atoms with Gasteiger partial charge in [0.1, 0.15) is 11.4 Å². The molecular formula is C15H17ClN4O3S. The van der Waals surface area contributed by atoms with Crippen LogP contribution in [0.4, 0.5) is 5.69 Å². The Hall–Kier alpha value is -2.06. The van der Waals surface area contributed by atoms with Gasteiger partial charge in [0.25, 0.3) is 5.91 Å². The number of hydrogen-bond donors (Lipinski definition) is 1.